The molecule has 64 valence electrons. The van der Waals surface area contributed by atoms with E-state index in [9.17, 15) is 0 Å². The molecule has 0 bridgehead atoms. The topological polar surface area (TPSA) is 26.0 Å². The summed E-state index contributed by atoms with van der Waals surface area (Å²) in [5, 5.41) is 0. The maximum atomic E-state index is 6.17. The largest absolute Gasteiger partial charge is 0.325 e. The zero-order valence-electron chi connectivity index (χ0n) is 7.01. The molecule has 1 aliphatic heterocycles. The molecule has 2 fully saturated rings. The molecule has 1 heterocycles. The van der Waals surface area contributed by atoms with Crippen molar-refractivity contribution in [2.24, 2.45) is 11.7 Å². The third-order valence-electron chi connectivity index (χ3n) is 3.07. The lowest BCUT2D eigenvalue weighted by atomic mass is 9.72. The van der Waals surface area contributed by atoms with Gasteiger partial charge in [0.2, 0.25) is 0 Å². The monoisotopic (exact) mass is 171 g/mol. The van der Waals surface area contributed by atoms with Gasteiger partial charge in [0, 0.05) is 5.54 Å². The van der Waals surface area contributed by atoms with Gasteiger partial charge in [-0.3, -0.25) is 0 Å². The van der Waals surface area contributed by atoms with Crippen LogP contribution in [0.1, 0.15) is 32.1 Å². The van der Waals surface area contributed by atoms with Crippen molar-refractivity contribution in [1.29, 1.82) is 0 Å². The summed E-state index contributed by atoms with van der Waals surface area (Å²) in [6.07, 6.45) is 6.67. The van der Waals surface area contributed by atoms with Crippen molar-refractivity contribution in [1.82, 2.24) is 0 Å². The average Bonchev–Trinajstić information content (AvgIpc) is 2.36. The van der Waals surface area contributed by atoms with Crippen LogP contribution in [0.4, 0.5) is 0 Å². The maximum absolute atomic E-state index is 6.17. The van der Waals surface area contributed by atoms with Crippen molar-refractivity contribution in [2.45, 2.75) is 37.6 Å². The molecule has 2 rings (SSSR count). The third-order valence-corrected chi connectivity index (χ3v) is 4.30. The number of hydrogen-bond acceptors (Lipinski definition) is 2. The summed E-state index contributed by atoms with van der Waals surface area (Å²) in [4.78, 5) is 0. The average molecular weight is 171 g/mol. The highest BCUT2D eigenvalue weighted by Gasteiger charge is 2.35. The number of thioether (sulfide) groups is 1. The predicted molar refractivity (Wildman–Crippen MR) is 50.8 cm³/mol. The normalized spacial score (nSPS) is 35.2. The molecule has 1 saturated heterocycles. The van der Waals surface area contributed by atoms with Crippen LogP contribution in [-0.4, -0.2) is 17.0 Å². The summed E-state index contributed by atoms with van der Waals surface area (Å²) in [5.41, 5.74) is 6.45. The fourth-order valence-electron chi connectivity index (χ4n) is 2.15. The quantitative estimate of drug-likeness (QED) is 0.688. The molecule has 2 N–H and O–H groups in total. The molecule has 2 heteroatoms. The minimum atomic E-state index is 0.273. The molecule has 0 aromatic heterocycles. The van der Waals surface area contributed by atoms with Gasteiger partial charge in [0.1, 0.15) is 0 Å². The summed E-state index contributed by atoms with van der Waals surface area (Å²) in [7, 11) is 0. The van der Waals surface area contributed by atoms with Crippen LogP contribution in [0.3, 0.4) is 0 Å². The van der Waals surface area contributed by atoms with Crippen LogP contribution in [-0.2, 0) is 0 Å². The first-order valence-corrected chi connectivity index (χ1v) is 5.81. The Kier molecular flexibility index (Phi) is 2.15. The van der Waals surface area contributed by atoms with Crippen LogP contribution >= 0.6 is 11.8 Å². The van der Waals surface area contributed by atoms with Gasteiger partial charge in [-0.15, -0.1) is 0 Å². The van der Waals surface area contributed by atoms with Crippen molar-refractivity contribution in [2.75, 3.05) is 11.5 Å². The van der Waals surface area contributed by atoms with Crippen LogP contribution in [0, 0.1) is 5.92 Å². The molecule has 1 atom stereocenters. The minimum Gasteiger partial charge on any atom is -0.325 e. The first-order valence-electron chi connectivity index (χ1n) is 4.65. The molecule has 0 spiro atoms. The Bertz CT molecular complexity index is 136. The summed E-state index contributed by atoms with van der Waals surface area (Å²) >= 11 is 2.10. The van der Waals surface area contributed by atoms with E-state index in [-0.39, 0.29) is 5.54 Å². The maximum Gasteiger partial charge on any atom is 0.0157 e. The molecule has 11 heavy (non-hydrogen) atoms. The van der Waals surface area contributed by atoms with Crippen molar-refractivity contribution >= 4 is 11.8 Å². The molecule has 1 unspecified atom stereocenters. The van der Waals surface area contributed by atoms with Crippen LogP contribution in [0.5, 0.6) is 0 Å². The molecular weight excluding hydrogens is 154 g/mol. The van der Waals surface area contributed by atoms with E-state index in [0.29, 0.717) is 0 Å². The molecule has 1 aliphatic carbocycles. The van der Waals surface area contributed by atoms with Crippen molar-refractivity contribution in [3.63, 3.8) is 0 Å². The summed E-state index contributed by atoms with van der Waals surface area (Å²) < 4.78 is 0. The van der Waals surface area contributed by atoms with Gasteiger partial charge in [-0.25, -0.2) is 0 Å². The van der Waals surface area contributed by atoms with E-state index < -0.39 is 0 Å². The van der Waals surface area contributed by atoms with Gasteiger partial charge < -0.3 is 5.73 Å². The van der Waals surface area contributed by atoms with Gasteiger partial charge in [0.05, 0.1) is 0 Å². The second-order valence-corrected chi connectivity index (χ2v) is 5.30. The zero-order valence-corrected chi connectivity index (χ0v) is 7.83. The molecule has 0 aromatic carbocycles. The Morgan fingerprint density at radius 2 is 2.27 bits per heavy atom. The van der Waals surface area contributed by atoms with E-state index in [2.05, 4.69) is 11.8 Å². The molecule has 0 aromatic rings. The van der Waals surface area contributed by atoms with E-state index in [1.54, 1.807) is 0 Å². The number of nitrogens with two attached hydrogens (primary N) is 1. The van der Waals surface area contributed by atoms with Crippen LogP contribution in [0.2, 0.25) is 0 Å². The van der Waals surface area contributed by atoms with Crippen molar-refractivity contribution in [3.8, 4) is 0 Å². The summed E-state index contributed by atoms with van der Waals surface area (Å²) in [5.74, 6) is 3.70. The van der Waals surface area contributed by atoms with E-state index in [1.165, 1.54) is 43.6 Å². The Morgan fingerprint density at radius 1 is 1.45 bits per heavy atom. The Morgan fingerprint density at radius 3 is 2.73 bits per heavy atom. The van der Waals surface area contributed by atoms with E-state index >= 15 is 0 Å². The summed E-state index contributed by atoms with van der Waals surface area (Å²) in [6, 6.07) is 0. The van der Waals surface area contributed by atoms with E-state index in [4.69, 9.17) is 5.73 Å². The molecule has 1 nitrogen and oxygen atoms in total. The molecule has 1 saturated carbocycles. The third kappa shape index (κ3) is 1.73. The molecular formula is C9H17NS. The standard InChI is InChI=1S/C9H17NS/c10-9(3-1-4-9)6-8-2-5-11-7-8/h8H,1-7,10H2. The van der Waals surface area contributed by atoms with Gasteiger partial charge in [0.15, 0.2) is 0 Å². The number of hydrogen-bond donors (Lipinski definition) is 1. The van der Waals surface area contributed by atoms with Crippen LogP contribution < -0.4 is 5.73 Å². The highest BCUT2D eigenvalue weighted by molar-refractivity contribution is 7.99. The SMILES string of the molecule is NC1(CC2CCSC2)CCC1. The lowest BCUT2D eigenvalue weighted by Crippen LogP contribution is -2.47. The van der Waals surface area contributed by atoms with Crippen molar-refractivity contribution in [3.05, 3.63) is 0 Å². The van der Waals surface area contributed by atoms with Crippen molar-refractivity contribution < 1.29 is 0 Å². The minimum absolute atomic E-state index is 0.273. The lowest BCUT2D eigenvalue weighted by Gasteiger charge is -2.40. The Balaban J connectivity index is 1.79. The van der Waals surface area contributed by atoms with Gasteiger partial charge in [0.25, 0.3) is 0 Å². The zero-order chi connectivity index (χ0) is 7.73. The summed E-state index contributed by atoms with van der Waals surface area (Å²) in [6.45, 7) is 0. The Hall–Kier alpha value is 0.310. The smallest absolute Gasteiger partial charge is 0.0157 e. The van der Waals surface area contributed by atoms with E-state index in [0.717, 1.165) is 5.92 Å². The number of rotatable bonds is 2. The molecule has 2 aliphatic rings. The molecule has 0 radical (unpaired) electrons. The van der Waals surface area contributed by atoms with Crippen LogP contribution in [0.15, 0.2) is 0 Å². The van der Waals surface area contributed by atoms with Gasteiger partial charge in [-0.1, -0.05) is 0 Å². The second-order valence-electron chi connectivity index (χ2n) is 4.15. The van der Waals surface area contributed by atoms with Gasteiger partial charge in [-0.2, -0.15) is 11.8 Å². The van der Waals surface area contributed by atoms with Crippen LogP contribution in [0.25, 0.3) is 0 Å². The second kappa shape index (κ2) is 2.98. The fraction of sp³-hybridized carbons (Fsp3) is 1.00. The first-order chi connectivity index (χ1) is 5.29. The van der Waals surface area contributed by atoms with E-state index in [1.807, 2.05) is 0 Å². The Labute approximate surface area is 73.1 Å². The molecule has 0 amide bonds. The highest BCUT2D eigenvalue weighted by atomic mass is 32.2. The van der Waals surface area contributed by atoms with Gasteiger partial charge >= 0.3 is 0 Å². The highest BCUT2D eigenvalue weighted by Crippen LogP contribution is 2.38. The fourth-order valence-corrected chi connectivity index (χ4v) is 3.44. The first kappa shape index (κ1) is 7.93. The predicted octanol–water partition coefficient (Wildman–Crippen LogP) is 2.01. The van der Waals surface area contributed by atoms with Gasteiger partial charge in [-0.05, 0) is 49.5 Å². The lowest BCUT2D eigenvalue weighted by molar-refractivity contribution is 0.202.